The molecule has 6 rings (SSSR count). The molecule has 3 aromatic heterocycles. The van der Waals surface area contributed by atoms with Gasteiger partial charge in [0.15, 0.2) is 5.78 Å². The predicted octanol–water partition coefficient (Wildman–Crippen LogP) is 3.40. The van der Waals surface area contributed by atoms with Crippen molar-refractivity contribution in [2.75, 3.05) is 13.7 Å². The lowest BCUT2D eigenvalue weighted by atomic mass is 9.62. The number of ketones is 1. The SMILES string of the molecule is COc1nc(CC(=O)c2cccc(C(F)(F)F)n2)cn2cc(C34COC(C)(C3)C4)nc12. The number of nitrogens with zero attached hydrogens (tertiary/aromatic N) is 4. The first-order valence-corrected chi connectivity index (χ1v) is 9.75. The molecule has 0 radical (unpaired) electrons. The number of hydrogen-bond acceptors (Lipinski definition) is 6. The topological polar surface area (TPSA) is 78.6 Å². The van der Waals surface area contributed by atoms with E-state index in [1.807, 2.05) is 6.20 Å². The number of aromatic nitrogens is 4. The average Bonchev–Trinajstić information content (AvgIpc) is 3.37. The van der Waals surface area contributed by atoms with Gasteiger partial charge in [-0.2, -0.15) is 13.2 Å². The molecule has 0 atom stereocenters. The first kappa shape index (κ1) is 19.9. The quantitative estimate of drug-likeness (QED) is 0.575. The molecular weight excluding hydrogens is 413 g/mol. The van der Waals surface area contributed by atoms with Gasteiger partial charge in [-0.3, -0.25) is 4.79 Å². The second-order valence-electron chi connectivity index (χ2n) is 8.48. The number of imidazole rings is 1. The third-order valence-electron chi connectivity index (χ3n) is 5.98. The molecule has 2 bridgehead atoms. The summed E-state index contributed by atoms with van der Waals surface area (Å²) >= 11 is 0. The predicted molar refractivity (Wildman–Crippen MR) is 102 cm³/mol. The zero-order chi connectivity index (χ0) is 22.0. The summed E-state index contributed by atoms with van der Waals surface area (Å²) in [6.45, 7) is 2.69. The van der Waals surface area contributed by atoms with Crippen molar-refractivity contribution in [2.45, 2.75) is 43.4 Å². The normalized spacial score (nSPS) is 24.9. The van der Waals surface area contributed by atoms with Gasteiger partial charge in [0.25, 0.3) is 5.88 Å². The van der Waals surface area contributed by atoms with Crippen molar-refractivity contribution < 1.29 is 27.4 Å². The Balaban J connectivity index is 1.45. The monoisotopic (exact) mass is 432 g/mol. The zero-order valence-electron chi connectivity index (χ0n) is 16.9. The van der Waals surface area contributed by atoms with Gasteiger partial charge in [0.05, 0.1) is 37.1 Å². The molecule has 0 amide bonds. The highest BCUT2D eigenvalue weighted by Crippen LogP contribution is 2.58. The summed E-state index contributed by atoms with van der Waals surface area (Å²) in [7, 11) is 1.45. The molecule has 3 fully saturated rings. The number of carbonyl (C=O) groups excluding carboxylic acids is 1. The van der Waals surface area contributed by atoms with Gasteiger partial charge < -0.3 is 13.9 Å². The van der Waals surface area contributed by atoms with E-state index in [-0.39, 0.29) is 29.0 Å². The summed E-state index contributed by atoms with van der Waals surface area (Å²) in [5.41, 5.74) is 0.154. The van der Waals surface area contributed by atoms with Gasteiger partial charge in [0.2, 0.25) is 5.65 Å². The largest absolute Gasteiger partial charge is 0.478 e. The number of ether oxygens (including phenoxy) is 2. The van der Waals surface area contributed by atoms with Gasteiger partial charge in [-0.1, -0.05) is 6.07 Å². The van der Waals surface area contributed by atoms with Gasteiger partial charge in [-0.25, -0.2) is 15.0 Å². The van der Waals surface area contributed by atoms with Crippen molar-refractivity contribution in [1.82, 2.24) is 19.4 Å². The van der Waals surface area contributed by atoms with E-state index in [2.05, 4.69) is 16.9 Å². The first-order valence-electron chi connectivity index (χ1n) is 9.75. The van der Waals surface area contributed by atoms with E-state index in [1.54, 1.807) is 10.6 Å². The lowest BCUT2D eigenvalue weighted by molar-refractivity contribution is -0.141. The highest BCUT2D eigenvalue weighted by molar-refractivity contribution is 5.95. The summed E-state index contributed by atoms with van der Waals surface area (Å²) in [5, 5.41) is 0. The van der Waals surface area contributed by atoms with Crippen LogP contribution in [0, 0.1) is 0 Å². The summed E-state index contributed by atoms with van der Waals surface area (Å²) in [6, 6.07) is 3.25. The summed E-state index contributed by atoms with van der Waals surface area (Å²) in [5.74, 6) is -0.330. The number of methoxy groups -OCH3 is 1. The van der Waals surface area contributed by atoms with E-state index in [4.69, 9.17) is 14.5 Å². The van der Waals surface area contributed by atoms with Crippen molar-refractivity contribution in [3.05, 3.63) is 53.4 Å². The Hall–Kier alpha value is -3.01. The number of rotatable bonds is 5. The maximum atomic E-state index is 12.9. The average molecular weight is 432 g/mol. The van der Waals surface area contributed by atoms with Crippen LogP contribution in [0.4, 0.5) is 13.2 Å². The van der Waals surface area contributed by atoms with Crippen LogP contribution in [0.15, 0.2) is 30.6 Å². The standard InChI is InChI=1S/C21H19F3N4O3/c1-19-9-20(10-19,11-31-19)16-8-28-7-12(25-18(30-2)17(28)27-16)6-14(29)13-4-3-5-15(26-13)21(22,23)24/h3-5,7-8H,6,9-11H2,1-2H3. The van der Waals surface area contributed by atoms with Crippen molar-refractivity contribution in [3.63, 3.8) is 0 Å². The third kappa shape index (κ3) is 3.25. The number of hydrogen-bond donors (Lipinski definition) is 0. The van der Waals surface area contributed by atoms with Crippen LogP contribution in [0.5, 0.6) is 5.88 Å². The van der Waals surface area contributed by atoms with Crippen molar-refractivity contribution in [3.8, 4) is 5.88 Å². The Morgan fingerprint density at radius 3 is 2.65 bits per heavy atom. The number of Topliss-reactive ketones (excluding diaryl/α,β-unsaturated/α-hetero) is 1. The molecule has 1 aliphatic carbocycles. The molecule has 10 heteroatoms. The molecule has 0 spiro atoms. The van der Waals surface area contributed by atoms with E-state index in [1.165, 1.54) is 13.2 Å². The number of halogens is 3. The van der Waals surface area contributed by atoms with Gasteiger partial charge >= 0.3 is 6.18 Å². The summed E-state index contributed by atoms with van der Waals surface area (Å²) < 4.78 is 51.7. The van der Waals surface area contributed by atoms with E-state index in [9.17, 15) is 18.0 Å². The number of fused-ring (bicyclic) bond motifs is 2. The van der Waals surface area contributed by atoms with Gasteiger partial charge in [0.1, 0.15) is 11.4 Å². The Labute approximate surface area is 175 Å². The molecular formula is C21H19F3N4O3. The molecule has 162 valence electrons. The molecule has 2 aliphatic heterocycles. The van der Waals surface area contributed by atoms with Crippen LogP contribution in [-0.2, 0) is 22.7 Å². The van der Waals surface area contributed by atoms with Crippen LogP contribution in [0.25, 0.3) is 5.65 Å². The highest BCUT2D eigenvalue weighted by Gasteiger charge is 2.61. The molecule has 3 aromatic rings. The Morgan fingerprint density at radius 1 is 1.23 bits per heavy atom. The van der Waals surface area contributed by atoms with Crippen molar-refractivity contribution in [2.24, 2.45) is 0 Å². The Morgan fingerprint density at radius 2 is 2.00 bits per heavy atom. The number of carbonyl (C=O) groups is 1. The third-order valence-corrected chi connectivity index (χ3v) is 5.98. The molecule has 3 aliphatic rings. The maximum Gasteiger partial charge on any atom is 0.433 e. The molecule has 5 heterocycles. The Bertz CT molecular complexity index is 1200. The maximum absolute atomic E-state index is 12.9. The van der Waals surface area contributed by atoms with E-state index < -0.39 is 17.7 Å². The van der Waals surface area contributed by atoms with Crippen LogP contribution in [0.3, 0.4) is 0 Å². The fourth-order valence-corrected chi connectivity index (χ4v) is 4.65. The van der Waals surface area contributed by atoms with Crippen LogP contribution in [0.2, 0.25) is 0 Å². The number of alkyl halides is 3. The van der Waals surface area contributed by atoms with Gasteiger partial charge in [-0.15, -0.1) is 0 Å². The van der Waals surface area contributed by atoms with Gasteiger partial charge in [-0.05, 0) is 31.9 Å². The minimum Gasteiger partial charge on any atom is -0.478 e. The minimum absolute atomic E-state index is 0.0896. The number of pyridine rings is 1. The summed E-state index contributed by atoms with van der Waals surface area (Å²) in [6.07, 6.45) is 0.470. The fourth-order valence-electron chi connectivity index (χ4n) is 4.65. The van der Waals surface area contributed by atoms with Crippen LogP contribution < -0.4 is 4.74 Å². The second-order valence-corrected chi connectivity index (χ2v) is 8.48. The van der Waals surface area contributed by atoms with Crippen molar-refractivity contribution in [1.29, 1.82) is 0 Å². The van der Waals surface area contributed by atoms with Crippen LogP contribution in [0.1, 0.15) is 47.3 Å². The molecule has 2 saturated heterocycles. The fraction of sp³-hybridized carbons (Fsp3) is 0.429. The van der Waals surface area contributed by atoms with E-state index in [0.717, 1.165) is 30.7 Å². The van der Waals surface area contributed by atoms with E-state index >= 15 is 0 Å². The highest BCUT2D eigenvalue weighted by atomic mass is 19.4. The smallest absolute Gasteiger partial charge is 0.433 e. The molecule has 0 aromatic carbocycles. The van der Waals surface area contributed by atoms with Crippen molar-refractivity contribution >= 4 is 11.4 Å². The lowest BCUT2D eigenvalue weighted by Crippen LogP contribution is -2.45. The minimum atomic E-state index is -4.62. The second kappa shape index (κ2) is 6.49. The molecule has 0 N–H and O–H groups in total. The Kier molecular flexibility index (Phi) is 4.17. The van der Waals surface area contributed by atoms with Gasteiger partial charge in [0, 0.05) is 17.8 Å². The van der Waals surface area contributed by atoms with E-state index in [0.29, 0.717) is 17.9 Å². The molecule has 31 heavy (non-hydrogen) atoms. The molecule has 7 nitrogen and oxygen atoms in total. The van der Waals surface area contributed by atoms with Crippen LogP contribution in [-0.4, -0.2) is 44.5 Å². The molecule has 0 unspecified atom stereocenters. The zero-order valence-corrected chi connectivity index (χ0v) is 16.9. The summed E-state index contributed by atoms with van der Waals surface area (Å²) in [4.78, 5) is 25.1. The molecule has 1 saturated carbocycles. The van der Waals surface area contributed by atoms with Crippen LogP contribution >= 0.6 is 0 Å². The lowest BCUT2D eigenvalue weighted by Gasteiger charge is -2.41. The first-order chi connectivity index (χ1) is 14.6.